The molecule has 0 aliphatic carbocycles. The second-order valence-electron chi connectivity index (χ2n) is 6.27. The first-order chi connectivity index (χ1) is 14.1. The van der Waals surface area contributed by atoms with E-state index in [9.17, 15) is 4.79 Å². The molecule has 0 fully saturated rings. The monoisotopic (exact) mass is 423 g/mol. The molecule has 0 saturated heterocycles. The molecule has 0 amide bonds. The first kappa shape index (κ1) is 19.2. The summed E-state index contributed by atoms with van der Waals surface area (Å²) in [7, 11) is 0. The minimum absolute atomic E-state index is 0.183. The summed E-state index contributed by atoms with van der Waals surface area (Å²) in [6.07, 6.45) is 1.64. The molecule has 4 rings (SSSR count). The summed E-state index contributed by atoms with van der Waals surface area (Å²) in [6, 6.07) is 21.9. The smallest absolute Gasteiger partial charge is 0.363 e. The zero-order valence-corrected chi connectivity index (χ0v) is 16.7. The molecule has 29 heavy (non-hydrogen) atoms. The number of carbonyl (C=O) groups is 1. The van der Waals surface area contributed by atoms with Crippen molar-refractivity contribution in [1.29, 1.82) is 0 Å². The SMILES string of the molecule is O=C1OC(c2ccccc2Cl)=N/C1=C\c1ccccc1OCc1ccc(Cl)cc1. The summed E-state index contributed by atoms with van der Waals surface area (Å²) in [5.74, 6) is 0.281. The van der Waals surface area contributed by atoms with Gasteiger partial charge in [0.1, 0.15) is 12.4 Å². The third-order valence-corrected chi connectivity index (χ3v) is 4.83. The highest BCUT2D eigenvalue weighted by atomic mass is 35.5. The molecule has 0 unspecified atom stereocenters. The fraction of sp³-hybridized carbons (Fsp3) is 0.0435. The van der Waals surface area contributed by atoms with Crippen LogP contribution in [0.3, 0.4) is 0 Å². The van der Waals surface area contributed by atoms with Crippen molar-refractivity contribution in [3.05, 3.63) is 105 Å². The van der Waals surface area contributed by atoms with Crippen LogP contribution in [-0.4, -0.2) is 11.9 Å². The van der Waals surface area contributed by atoms with Gasteiger partial charge in [-0.2, -0.15) is 0 Å². The van der Waals surface area contributed by atoms with Crippen LogP contribution in [0.1, 0.15) is 16.7 Å². The summed E-state index contributed by atoms with van der Waals surface area (Å²) in [6.45, 7) is 0.371. The van der Waals surface area contributed by atoms with Crippen LogP contribution in [0.15, 0.2) is 83.5 Å². The third kappa shape index (κ3) is 4.50. The number of cyclic esters (lactones) is 1. The lowest BCUT2D eigenvalue weighted by Gasteiger charge is -2.09. The number of ether oxygens (including phenoxy) is 2. The van der Waals surface area contributed by atoms with Gasteiger partial charge in [0.05, 0.1) is 10.6 Å². The molecule has 1 aliphatic heterocycles. The number of hydrogen-bond donors (Lipinski definition) is 0. The standard InChI is InChI=1S/C23H15Cl2NO3/c24-17-11-9-15(10-12-17)14-28-21-8-4-1-5-16(21)13-20-23(27)29-22(26-20)18-6-2-3-7-19(18)25/h1-13H,14H2/b20-13-. The van der Waals surface area contributed by atoms with Crippen LogP contribution < -0.4 is 4.74 Å². The van der Waals surface area contributed by atoms with E-state index in [1.165, 1.54) is 0 Å². The number of halogens is 2. The van der Waals surface area contributed by atoms with E-state index >= 15 is 0 Å². The summed E-state index contributed by atoms with van der Waals surface area (Å²) in [5, 5.41) is 1.14. The van der Waals surface area contributed by atoms with Gasteiger partial charge in [0.2, 0.25) is 5.90 Å². The van der Waals surface area contributed by atoms with Crippen molar-refractivity contribution in [2.45, 2.75) is 6.61 Å². The number of carbonyl (C=O) groups excluding carboxylic acids is 1. The fourth-order valence-electron chi connectivity index (χ4n) is 2.78. The highest BCUT2D eigenvalue weighted by Crippen LogP contribution is 2.27. The van der Waals surface area contributed by atoms with Crippen LogP contribution in [-0.2, 0) is 16.1 Å². The molecular formula is C23H15Cl2NO3. The molecule has 0 spiro atoms. The molecule has 0 radical (unpaired) electrons. The summed E-state index contributed by atoms with van der Waals surface area (Å²) in [4.78, 5) is 16.6. The maximum absolute atomic E-state index is 12.3. The highest BCUT2D eigenvalue weighted by molar-refractivity contribution is 6.34. The number of para-hydroxylation sites is 1. The lowest BCUT2D eigenvalue weighted by Crippen LogP contribution is -2.05. The Morgan fingerprint density at radius 3 is 2.45 bits per heavy atom. The first-order valence-electron chi connectivity index (χ1n) is 8.84. The van der Waals surface area contributed by atoms with Crippen LogP contribution in [0, 0.1) is 0 Å². The van der Waals surface area contributed by atoms with Gasteiger partial charge in [-0.15, -0.1) is 0 Å². The molecule has 144 valence electrons. The molecule has 0 aromatic heterocycles. The molecule has 3 aromatic carbocycles. The predicted octanol–water partition coefficient (Wildman–Crippen LogP) is 5.92. The Hall–Kier alpha value is -3.08. The molecule has 4 nitrogen and oxygen atoms in total. The van der Waals surface area contributed by atoms with Gasteiger partial charge >= 0.3 is 5.97 Å². The summed E-state index contributed by atoms with van der Waals surface area (Å²) >= 11 is 12.1. The van der Waals surface area contributed by atoms with Gasteiger partial charge < -0.3 is 9.47 Å². The quantitative estimate of drug-likeness (QED) is 0.378. The normalized spacial score (nSPS) is 14.6. The zero-order chi connectivity index (χ0) is 20.2. The molecule has 0 saturated carbocycles. The van der Waals surface area contributed by atoms with Crippen molar-refractivity contribution in [1.82, 2.24) is 0 Å². The van der Waals surface area contributed by atoms with E-state index in [0.29, 0.717) is 28.0 Å². The van der Waals surface area contributed by atoms with Crippen molar-refractivity contribution >= 4 is 41.1 Å². The minimum Gasteiger partial charge on any atom is -0.488 e. The van der Waals surface area contributed by atoms with E-state index in [0.717, 1.165) is 11.1 Å². The minimum atomic E-state index is -0.535. The van der Waals surface area contributed by atoms with Gasteiger partial charge in [0.25, 0.3) is 0 Å². The number of nitrogens with zero attached hydrogens (tertiary/aromatic N) is 1. The van der Waals surface area contributed by atoms with Crippen LogP contribution in [0.5, 0.6) is 5.75 Å². The maximum Gasteiger partial charge on any atom is 0.363 e. The zero-order valence-electron chi connectivity index (χ0n) is 15.1. The van der Waals surface area contributed by atoms with Crippen molar-refractivity contribution in [2.75, 3.05) is 0 Å². The molecule has 0 atom stereocenters. The Morgan fingerprint density at radius 2 is 1.66 bits per heavy atom. The van der Waals surface area contributed by atoms with E-state index < -0.39 is 5.97 Å². The van der Waals surface area contributed by atoms with E-state index in [4.69, 9.17) is 32.7 Å². The molecule has 0 N–H and O–H groups in total. The Balaban J connectivity index is 1.58. The fourth-order valence-corrected chi connectivity index (χ4v) is 3.12. The first-order valence-corrected chi connectivity index (χ1v) is 9.59. The van der Waals surface area contributed by atoms with Crippen LogP contribution in [0.4, 0.5) is 0 Å². The summed E-state index contributed by atoms with van der Waals surface area (Å²) in [5.41, 5.74) is 2.45. The number of aliphatic imine (C=N–C) groups is 1. The third-order valence-electron chi connectivity index (χ3n) is 4.24. The molecule has 1 aliphatic rings. The van der Waals surface area contributed by atoms with Gasteiger partial charge in [-0.05, 0) is 42.0 Å². The number of benzene rings is 3. The lowest BCUT2D eigenvalue weighted by molar-refractivity contribution is -0.129. The van der Waals surface area contributed by atoms with E-state index in [2.05, 4.69) is 4.99 Å². The summed E-state index contributed by atoms with van der Waals surface area (Å²) < 4.78 is 11.2. The maximum atomic E-state index is 12.3. The lowest BCUT2D eigenvalue weighted by atomic mass is 10.1. The van der Waals surface area contributed by atoms with Crippen molar-refractivity contribution < 1.29 is 14.3 Å². The second-order valence-corrected chi connectivity index (χ2v) is 7.11. The van der Waals surface area contributed by atoms with Gasteiger partial charge in [0.15, 0.2) is 5.70 Å². The van der Waals surface area contributed by atoms with Crippen LogP contribution in [0.2, 0.25) is 10.0 Å². The Labute approximate surface area is 178 Å². The average Bonchev–Trinajstić information content (AvgIpc) is 3.09. The van der Waals surface area contributed by atoms with E-state index in [1.807, 2.05) is 48.5 Å². The number of esters is 1. The van der Waals surface area contributed by atoms with Gasteiger partial charge in [-0.25, -0.2) is 9.79 Å². The van der Waals surface area contributed by atoms with Gasteiger partial charge in [-0.3, -0.25) is 0 Å². The Bertz CT molecular complexity index is 1120. The number of hydrogen-bond acceptors (Lipinski definition) is 4. The van der Waals surface area contributed by atoms with Crippen molar-refractivity contribution in [2.24, 2.45) is 4.99 Å². The largest absolute Gasteiger partial charge is 0.488 e. The Morgan fingerprint density at radius 1 is 0.931 bits per heavy atom. The average molecular weight is 424 g/mol. The topological polar surface area (TPSA) is 47.9 Å². The van der Waals surface area contributed by atoms with E-state index in [1.54, 1.807) is 30.3 Å². The van der Waals surface area contributed by atoms with Crippen LogP contribution >= 0.6 is 23.2 Å². The molecule has 6 heteroatoms. The van der Waals surface area contributed by atoms with Gasteiger partial charge in [-0.1, -0.05) is 65.7 Å². The van der Waals surface area contributed by atoms with Crippen LogP contribution in [0.25, 0.3) is 6.08 Å². The van der Waals surface area contributed by atoms with Crippen molar-refractivity contribution in [3.63, 3.8) is 0 Å². The second kappa shape index (κ2) is 8.52. The molecular weight excluding hydrogens is 409 g/mol. The van der Waals surface area contributed by atoms with Gasteiger partial charge in [0, 0.05) is 10.6 Å². The van der Waals surface area contributed by atoms with E-state index in [-0.39, 0.29) is 11.6 Å². The molecule has 1 heterocycles. The van der Waals surface area contributed by atoms with Crippen molar-refractivity contribution in [3.8, 4) is 5.75 Å². The number of rotatable bonds is 5. The predicted molar refractivity (Wildman–Crippen MR) is 114 cm³/mol. The Kier molecular flexibility index (Phi) is 5.65. The molecule has 3 aromatic rings. The highest BCUT2D eigenvalue weighted by Gasteiger charge is 2.25. The molecule has 0 bridgehead atoms.